The van der Waals surface area contributed by atoms with Gasteiger partial charge in [0.15, 0.2) is 0 Å². The maximum absolute atomic E-state index is 5.86. The van der Waals surface area contributed by atoms with Gasteiger partial charge in [0, 0.05) is 5.70 Å². The van der Waals surface area contributed by atoms with Gasteiger partial charge in [-0.1, -0.05) is 38.2 Å². The molecule has 0 radical (unpaired) electrons. The van der Waals surface area contributed by atoms with E-state index < -0.39 is 0 Å². The molecule has 0 heterocycles. The summed E-state index contributed by atoms with van der Waals surface area (Å²) in [6.45, 7) is 8.16. The lowest BCUT2D eigenvalue weighted by Gasteiger charge is -2.21. The van der Waals surface area contributed by atoms with Crippen molar-refractivity contribution in [2.45, 2.75) is 26.7 Å². The molecule has 0 amide bonds. The highest BCUT2D eigenvalue weighted by molar-refractivity contribution is 5.40. The van der Waals surface area contributed by atoms with Crippen LogP contribution in [0.1, 0.15) is 26.7 Å². The van der Waals surface area contributed by atoms with Gasteiger partial charge in [0.1, 0.15) is 0 Å². The Morgan fingerprint density at radius 2 is 2.42 bits per heavy atom. The quantitative estimate of drug-likeness (QED) is 0.665. The Morgan fingerprint density at radius 1 is 1.75 bits per heavy atom. The molecule has 0 aromatic carbocycles. The van der Waals surface area contributed by atoms with Gasteiger partial charge in [-0.15, -0.1) is 0 Å². The van der Waals surface area contributed by atoms with Crippen LogP contribution in [-0.4, -0.2) is 0 Å². The summed E-state index contributed by atoms with van der Waals surface area (Å²) >= 11 is 0. The predicted molar refractivity (Wildman–Crippen MR) is 53.6 cm³/mol. The summed E-state index contributed by atoms with van der Waals surface area (Å²) in [5.41, 5.74) is 9.44. The molecule has 1 aliphatic rings. The normalized spacial score (nSPS) is 23.8. The fraction of sp³-hybridized carbons (Fsp3) is 0.455. The van der Waals surface area contributed by atoms with Gasteiger partial charge in [-0.05, 0) is 24.3 Å². The SMILES string of the molecule is C=CC1=C(N)CC(C)C(CC)=C1. The van der Waals surface area contributed by atoms with Crippen molar-refractivity contribution in [3.8, 4) is 0 Å². The van der Waals surface area contributed by atoms with Gasteiger partial charge >= 0.3 is 0 Å². The average Bonchev–Trinajstić information content (AvgIpc) is 2.05. The third-order valence-electron chi connectivity index (χ3n) is 2.50. The first-order valence-electron chi connectivity index (χ1n) is 4.50. The van der Waals surface area contributed by atoms with Crippen LogP contribution in [0.2, 0.25) is 0 Å². The summed E-state index contributed by atoms with van der Waals surface area (Å²) in [6, 6.07) is 0. The van der Waals surface area contributed by atoms with E-state index >= 15 is 0 Å². The Bertz CT molecular complexity index is 246. The lowest BCUT2D eigenvalue weighted by Crippen LogP contribution is -2.12. The first kappa shape index (κ1) is 9.11. The molecule has 0 saturated carbocycles. The van der Waals surface area contributed by atoms with Gasteiger partial charge in [-0.3, -0.25) is 0 Å². The van der Waals surface area contributed by atoms with Crippen LogP contribution in [0.5, 0.6) is 0 Å². The van der Waals surface area contributed by atoms with E-state index in [1.807, 2.05) is 6.08 Å². The second-order valence-corrected chi connectivity index (χ2v) is 3.36. The van der Waals surface area contributed by atoms with Gasteiger partial charge in [-0.2, -0.15) is 0 Å². The van der Waals surface area contributed by atoms with E-state index in [1.165, 1.54) is 5.57 Å². The van der Waals surface area contributed by atoms with Gasteiger partial charge < -0.3 is 5.73 Å². The zero-order valence-corrected chi connectivity index (χ0v) is 7.93. The summed E-state index contributed by atoms with van der Waals surface area (Å²) in [4.78, 5) is 0. The van der Waals surface area contributed by atoms with Crippen LogP contribution in [0, 0.1) is 5.92 Å². The van der Waals surface area contributed by atoms with E-state index in [9.17, 15) is 0 Å². The van der Waals surface area contributed by atoms with Crippen LogP contribution in [0.15, 0.2) is 35.6 Å². The van der Waals surface area contributed by atoms with Crippen molar-refractivity contribution in [3.63, 3.8) is 0 Å². The van der Waals surface area contributed by atoms with Crippen molar-refractivity contribution in [2.75, 3.05) is 0 Å². The van der Waals surface area contributed by atoms with E-state index in [4.69, 9.17) is 5.73 Å². The summed E-state index contributed by atoms with van der Waals surface area (Å²) in [5, 5.41) is 0. The molecular formula is C11H17N. The number of hydrogen-bond acceptors (Lipinski definition) is 1. The molecule has 0 aromatic heterocycles. The molecule has 66 valence electrons. The molecule has 0 aliphatic heterocycles. The highest BCUT2D eigenvalue weighted by Crippen LogP contribution is 2.28. The molecule has 0 spiro atoms. The molecule has 1 nitrogen and oxygen atoms in total. The molecule has 1 unspecified atom stereocenters. The number of hydrogen-bond donors (Lipinski definition) is 1. The Hall–Kier alpha value is -0.980. The number of rotatable bonds is 2. The third-order valence-corrected chi connectivity index (χ3v) is 2.50. The fourth-order valence-corrected chi connectivity index (χ4v) is 1.65. The highest BCUT2D eigenvalue weighted by atomic mass is 14.6. The van der Waals surface area contributed by atoms with Gasteiger partial charge in [-0.25, -0.2) is 0 Å². The molecule has 0 fully saturated rings. The predicted octanol–water partition coefficient (Wildman–Crippen LogP) is 2.76. The molecule has 2 N–H and O–H groups in total. The Balaban J connectivity index is 2.95. The monoisotopic (exact) mass is 163 g/mol. The largest absolute Gasteiger partial charge is 0.402 e. The van der Waals surface area contributed by atoms with E-state index in [0.717, 1.165) is 24.1 Å². The summed E-state index contributed by atoms with van der Waals surface area (Å²) in [7, 11) is 0. The maximum atomic E-state index is 5.86. The van der Waals surface area contributed by atoms with Crippen LogP contribution in [-0.2, 0) is 0 Å². The lowest BCUT2D eigenvalue weighted by molar-refractivity contribution is 0.630. The average molecular weight is 163 g/mol. The molecule has 12 heavy (non-hydrogen) atoms. The smallest absolute Gasteiger partial charge is 0.0160 e. The first-order valence-corrected chi connectivity index (χ1v) is 4.50. The Kier molecular flexibility index (Phi) is 2.74. The number of nitrogens with two attached hydrogens (primary N) is 1. The first-order chi connectivity index (χ1) is 5.69. The zero-order valence-electron chi connectivity index (χ0n) is 7.93. The van der Waals surface area contributed by atoms with Gasteiger partial charge in [0.05, 0.1) is 0 Å². The van der Waals surface area contributed by atoms with Crippen molar-refractivity contribution in [3.05, 3.63) is 35.6 Å². The van der Waals surface area contributed by atoms with Gasteiger partial charge in [0.25, 0.3) is 0 Å². The van der Waals surface area contributed by atoms with Crippen molar-refractivity contribution in [1.29, 1.82) is 0 Å². The van der Waals surface area contributed by atoms with Crippen molar-refractivity contribution in [2.24, 2.45) is 11.7 Å². The molecule has 0 aromatic rings. The minimum atomic E-state index is 0.610. The second kappa shape index (κ2) is 3.61. The van der Waals surface area contributed by atoms with Crippen LogP contribution >= 0.6 is 0 Å². The van der Waals surface area contributed by atoms with Crippen LogP contribution in [0.25, 0.3) is 0 Å². The minimum absolute atomic E-state index is 0.610. The Morgan fingerprint density at radius 3 is 2.92 bits per heavy atom. The topological polar surface area (TPSA) is 26.0 Å². The number of allylic oxidation sites excluding steroid dienone is 5. The van der Waals surface area contributed by atoms with E-state index in [0.29, 0.717) is 5.92 Å². The summed E-state index contributed by atoms with van der Waals surface area (Å²) < 4.78 is 0. The van der Waals surface area contributed by atoms with E-state index in [-0.39, 0.29) is 0 Å². The fourth-order valence-electron chi connectivity index (χ4n) is 1.65. The van der Waals surface area contributed by atoms with Crippen molar-refractivity contribution < 1.29 is 0 Å². The van der Waals surface area contributed by atoms with Gasteiger partial charge in [0.2, 0.25) is 0 Å². The lowest BCUT2D eigenvalue weighted by atomic mass is 9.86. The summed E-state index contributed by atoms with van der Waals surface area (Å²) in [6.07, 6.45) is 6.13. The van der Waals surface area contributed by atoms with Crippen molar-refractivity contribution >= 4 is 0 Å². The van der Waals surface area contributed by atoms with Crippen LogP contribution in [0.3, 0.4) is 0 Å². The molecule has 1 heteroatoms. The third kappa shape index (κ3) is 1.60. The minimum Gasteiger partial charge on any atom is -0.402 e. The van der Waals surface area contributed by atoms with Crippen LogP contribution in [0.4, 0.5) is 0 Å². The highest BCUT2D eigenvalue weighted by Gasteiger charge is 2.14. The molecular weight excluding hydrogens is 146 g/mol. The van der Waals surface area contributed by atoms with Crippen LogP contribution < -0.4 is 5.73 Å². The molecule has 1 rings (SSSR count). The molecule has 1 aliphatic carbocycles. The zero-order chi connectivity index (χ0) is 9.14. The molecule has 0 bridgehead atoms. The summed E-state index contributed by atoms with van der Waals surface area (Å²) in [5.74, 6) is 0.610. The molecule has 1 atom stereocenters. The van der Waals surface area contributed by atoms with Crippen molar-refractivity contribution in [1.82, 2.24) is 0 Å². The molecule has 0 saturated heterocycles. The maximum Gasteiger partial charge on any atom is 0.0160 e. The second-order valence-electron chi connectivity index (χ2n) is 3.36. The Labute approximate surface area is 74.7 Å². The van der Waals surface area contributed by atoms with E-state index in [2.05, 4.69) is 26.5 Å². The van der Waals surface area contributed by atoms with E-state index in [1.54, 1.807) is 0 Å². The standard InChI is InChI=1S/C11H17N/c1-4-9-7-10(5-2)11(12)6-8(9)3/h5,7-8H,2,4,6,12H2,1,3H3.